The lowest BCUT2D eigenvalue weighted by molar-refractivity contribution is -0.114. The van der Waals surface area contributed by atoms with Gasteiger partial charge >= 0.3 is 0 Å². The number of nitrogens with zero attached hydrogens (tertiary/aromatic N) is 1. The topological polar surface area (TPSA) is 60.5 Å². The quantitative estimate of drug-likeness (QED) is 0.821. The van der Waals surface area contributed by atoms with Crippen LogP contribution < -0.4 is 14.8 Å². The Balaban J connectivity index is 2.34. The van der Waals surface area contributed by atoms with E-state index in [1.165, 1.54) is 18.3 Å². The number of rotatable bonds is 7. The van der Waals surface area contributed by atoms with E-state index < -0.39 is 0 Å². The average Bonchev–Trinajstić information content (AvgIpc) is 2.86. The molecular formula is C17H22N2O3S. The van der Waals surface area contributed by atoms with Crippen molar-refractivity contribution in [2.24, 2.45) is 0 Å². The number of aromatic nitrogens is 1. The van der Waals surface area contributed by atoms with Crippen LogP contribution in [0.5, 0.6) is 11.5 Å². The number of benzene rings is 1. The second kappa shape index (κ2) is 7.97. The third-order valence-electron chi connectivity index (χ3n) is 3.05. The molecule has 0 unspecified atom stereocenters. The molecule has 6 heteroatoms. The standard InChI is InChI=1S/C17H22N2O3S/c1-5-9-22-14-8-7-13(10-15(14)21-6-2)16-11(3)18-17(23-16)19-12(4)20/h7-8,10H,5-6,9H2,1-4H3,(H,18,19,20). The van der Waals surface area contributed by atoms with Gasteiger partial charge in [0.1, 0.15) is 0 Å². The molecular weight excluding hydrogens is 312 g/mol. The van der Waals surface area contributed by atoms with E-state index in [1.54, 1.807) is 0 Å². The summed E-state index contributed by atoms with van der Waals surface area (Å²) < 4.78 is 11.4. The van der Waals surface area contributed by atoms with E-state index in [4.69, 9.17) is 9.47 Å². The highest BCUT2D eigenvalue weighted by atomic mass is 32.1. The second-order valence-electron chi connectivity index (χ2n) is 5.06. The zero-order valence-corrected chi connectivity index (χ0v) is 14.8. The first-order chi connectivity index (χ1) is 11.0. The Hall–Kier alpha value is -2.08. The monoisotopic (exact) mass is 334 g/mol. The van der Waals surface area contributed by atoms with Gasteiger partial charge in [-0.2, -0.15) is 0 Å². The van der Waals surface area contributed by atoms with E-state index in [0.29, 0.717) is 18.3 Å². The third kappa shape index (κ3) is 4.45. The Bertz CT molecular complexity index is 682. The summed E-state index contributed by atoms with van der Waals surface area (Å²) in [7, 11) is 0. The van der Waals surface area contributed by atoms with E-state index >= 15 is 0 Å². The number of ether oxygens (including phenoxy) is 2. The number of nitrogens with one attached hydrogen (secondary N) is 1. The molecule has 2 aromatic rings. The van der Waals surface area contributed by atoms with Gasteiger partial charge in [-0.15, -0.1) is 0 Å². The van der Waals surface area contributed by atoms with Gasteiger partial charge in [0.25, 0.3) is 0 Å². The SMILES string of the molecule is CCCOc1ccc(-c2sc(NC(C)=O)nc2C)cc1OCC. The smallest absolute Gasteiger partial charge is 0.223 e. The summed E-state index contributed by atoms with van der Waals surface area (Å²) in [4.78, 5) is 16.6. The number of carbonyl (C=O) groups is 1. The normalized spacial score (nSPS) is 10.4. The van der Waals surface area contributed by atoms with Crippen LogP contribution in [0.4, 0.5) is 5.13 Å². The van der Waals surface area contributed by atoms with Crippen molar-refractivity contribution in [1.82, 2.24) is 4.98 Å². The number of thiazole rings is 1. The minimum absolute atomic E-state index is 0.122. The molecule has 0 atom stereocenters. The molecule has 0 spiro atoms. The lowest BCUT2D eigenvalue weighted by Crippen LogP contribution is -2.04. The molecule has 124 valence electrons. The Labute approximate surface area is 140 Å². The maximum Gasteiger partial charge on any atom is 0.223 e. The molecule has 0 aliphatic heterocycles. The van der Waals surface area contributed by atoms with Crippen LogP contribution in [0.2, 0.25) is 0 Å². The highest BCUT2D eigenvalue weighted by Gasteiger charge is 2.14. The van der Waals surface area contributed by atoms with Gasteiger partial charge in [0.05, 0.1) is 23.8 Å². The minimum Gasteiger partial charge on any atom is -0.490 e. The van der Waals surface area contributed by atoms with E-state index in [0.717, 1.165) is 34.1 Å². The predicted molar refractivity (Wildman–Crippen MR) is 93.5 cm³/mol. The van der Waals surface area contributed by atoms with Gasteiger partial charge in [0.2, 0.25) is 5.91 Å². The number of amides is 1. The first-order valence-electron chi connectivity index (χ1n) is 7.70. The summed E-state index contributed by atoms with van der Waals surface area (Å²) in [6.45, 7) is 8.65. The Kier molecular flexibility index (Phi) is 5.98. The molecule has 23 heavy (non-hydrogen) atoms. The maximum absolute atomic E-state index is 11.2. The zero-order valence-electron chi connectivity index (χ0n) is 13.9. The van der Waals surface area contributed by atoms with E-state index in [-0.39, 0.29) is 5.91 Å². The van der Waals surface area contributed by atoms with Crippen molar-refractivity contribution in [3.05, 3.63) is 23.9 Å². The molecule has 0 fully saturated rings. The van der Waals surface area contributed by atoms with Crippen LogP contribution >= 0.6 is 11.3 Å². The number of anilines is 1. The van der Waals surface area contributed by atoms with Crippen molar-refractivity contribution in [2.75, 3.05) is 18.5 Å². The van der Waals surface area contributed by atoms with Gasteiger partial charge in [0.15, 0.2) is 16.6 Å². The van der Waals surface area contributed by atoms with Gasteiger partial charge in [-0.25, -0.2) is 4.98 Å². The molecule has 0 saturated heterocycles. The first kappa shape index (κ1) is 17.3. The summed E-state index contributed by atoms with van der Waals surface area (Å²) in [5.41, 5.74) is 1.88. The van der Waals surface area contributed by atoms with Crippen LogP contribution in [-0.4, -0.2) is 24.1 Å². The molecule has 1 heterocycles. The Morgan fingerprint density at radius 1 is 1.26 bits per heavy atom. The maximum atomic E-state index is 11.2. The van der Waals surface area contributed by atoms with Crippen molar-refractivity contribution >= 4 is 22.4 Å². The van der Waals surface area contributed by atoms with Crippen molar-refractivity contribution < 1.29 is 14.3 Å². The first-order valence-corrected chi connectivity index (χ1v) is 8.51. The van der Waals surface area contributed by atoms with Gasteiger partial charge < -0.3 is 14.8 Å². The fourth-order valence-electron chi connectivity index (χ4n) is 2.12. The molecule has 5 nitrogen and oxygen atoms in total. The fraction of sp³-hybridized carbons (Fsp3) is 0.412. The summed E-state index contributed by atoms with van der Waals surface area (Å²) >= 11 is 1.45. The highest BCUT2D eigenvalue weighted by Crippen LogP contribution is 2.38. The zero-order chi connectivity index (χ0) is 16.8. The third-order valence-corrected chi connectivity index (χ3v) is 4.17. The highest BCUT2D eigenvalue weighted by molar-refractivity contribution is 7.19. The molecule has 0 aliphatic carbocycles. The van der Waals surface area contributed by atoms with Gasteiger partial charge in [-0.1, -0.05) is 18.3 Å². The number of aryl methyl sites for hydroxylation is 1. The second-order valence-corrected chi connectivity index (χ2v) is 6.06. The van der Waals surface area contributed by atoms with E-state index in [1.807, 2.05) is 32.0 Å². The van der Waals surface area contributed by atoms with Crippen LogP contribution in [0.25, 0.3) is 10.4 Å². The lowest BCUT2D eigenvalue weighted by Gasteiger charge is -2.12. The molecule has 2 rings (SSSR count). The number of hydrogen-bond donors (Lipinski definition) is 1. The predicted octanol–water partition coefficient (Wildman–Crippen LogP) is 4.26. The summed E-state index contributed by atoms with van der Waals surface area (Å²) in [6.07, 6.45) is 0.946. The average molecular weight is 334 g/mol. The molecule has 0 saturated carbocycles. The lowest BCUT2D eigenvalue weighted by atomic mass is 10.1. The van der Waals surface area contributed by atoms with Crippen LogP contribution in [0.15, 0.2) is 18.2 Å². The summed E-state index contributed by atoms with van der Waals surface area (Å²) in [6, 6.07) is 5.88. The van der Waals surface area contributed by atoms with Gasteiger partial charge in [-0.3, -0.25) is 4.79 Å². The fourth-order valence-corrected chi connectivity index (χ4v) is 3.13. The molecule has 1 N–H and O–H groups in total. The van der Waals surface area contributed by atoms with E-state index in [2.05, 4.69) is 17.2 Å². The Morgan fingerprint density at radius 2 is 2.04 bits per heavy atom. The molecule has 0 bridgehead atoms. The van der Waals surface area contributed by atoms with Gasteiger partial charge in [-0.05, 0) is 44.0 Å². The Morgan fingerprint density at radius 3 is 2.70 bits per heavy atom. The molecule has 1 aromatic carbocycles. The van der Waals surface area contributed by atoms with Crippen molar-refractivity contribution in [3.8, 4) is 21.9 Å². The van der Waals surface area contributed by atoms with Gasteiger partial charge in [0, 0.05) is 6.92 Å². The summed E-state index contributed by atoms with van der Waals surface area (Å²) in [5, 5.41) is 3.33. The summed E-state index contributed by atoms with van der Waals surface area (Å²) in [5.74, 6) is 1.36. The largest absolute Gasteiger partial charge is 0.490 e. The minimum atomic E-state index is -0.122. The molecule has 0 aliphatic rings. The van der Waals surface area contributed by atoms with Crippen LogP contribution in [0.3, 0.4) is 0 Å². The van der Waals surface area contributed by atoms with E-state index in [9.17, 15) is 4.79 Å². The van der Waals surface area contributed by atoms with Crippen molar-refractivity contribution in [3.63, 3.8) is 0 Å². The van der Waals surface area contributed by atoms with Crippen LogP contribution in [-0.2, 0) is 4.79 Å². The van der Waals surface area contributed by atoms with Crippen LogP contribution in [0.1, 0.15) is 32.9 Å². The van der Waals surface area contributed by atoms with Crippen molar-refractivity contribution in [2.45, 2.75) is 34.1 Å². The van der Waals surface area contributed by atoms with Crippen LogP contribution in [0, 0.1) is 6.92 Å². The van der Waals surface area contributed by atoms with Crippen molar-refractivity contribution in [1.29, 1.82) is 0 Å². The molecule has 1 aromatic heterocycles. The number of hydrogen-bond acceptors (Lipinski definition) is 5. The molecule has 1 amide bonds. The number of carbonyl (C=O) groups excluding carboxylic acids is 1. The molecule has 0 radical (unpaired) electrons.